The molecule has 0 saturated heterocycles. The first-order valence-electron chi connectivity index (χ1n) is 7.16. The van der Waals surface area contributed by atoms with Gasteiger partial charge in [0.2, 0.25) is 0 Å². The van der Waals surface area contributed by atoms with Crippen molar-refractivity contribution in [3.05, 3.63) is 53.6 Å². The molecule has 2 aromatic rings. The van der Waals surface area contributed by atoms with Crippen LogP contribution in [0.25, 0.3) is 0 Å². The van der Waals surface area contributed by atoms with Gasteiger partial charge in [-0.25, -0.2) is 0 Å². The molecule has 0 amide bonds. The van der Waals surface area contributed by atoms with E-state index >= 15 is 0 Å². The van der Waals surface area contributed by atoms with Crippen LogP contribution in [0.1, 0.15) is 17.5 Å². The van der Waals surface area contributed by atoms with E-state index in [1.54, 1.807) is 7.11 Å². The first-order chi connectivity index (χ1) is 10.2. The summed E-state index contributed by atoms with van der Waals surface area (Å²) in [6, 6.07) is 13.8. The maximum absolute atomic E-state index is 5.79. The van der Waals surface area contributed by atoms with E-state index in [2.05, 4.69) is 32.0 Å². The van der Waals surface area contributed by atoms with Crippen molar-refractivity contribution in [1.29, 1.82) is 0 Å². The summed E-state index contributed by atoms with van der Waals surface area (Å²) in [7, 11) is 1.65. The third-order valence-electron chi connectivity index (χ3n) is 3.22. The maximum atomic E-state index is 5.79. The second kappa shape index (κ2) is 7.58. The first-order valence-corrected chi connectivity index (χ1v) is 7.16. The topological polar surface area (TPSA) is 27.7 Å². The Morgan fingerprint density at radius 3 is 2.19 bits per heavy atom. The second-order valence-corrected chi connectivity index (χ2v) is 4.99. The molecule has 0 N–H and O–H groups in total. The van der Waals surface area contributed by atoms with Gasteiger partial charge in [-0.2, -0.15) is 0 Å². The normalized spacial score (nSPS) is 10.2. The zero-order chi connectivity index (χ0) is 15.1. The highest BCUT2D eigenvalue weighted by molar-refractivity contribution is 5.36. The molecule has 0 spiro atoms. The quantitative estimate of drug-likeness (QED) is 0.715. The summed E-state index contributed by atoms with van der Waals surface area (Å²) in [4.78, 5) is 0. The average molecular weight is 286 g/mol. The molecule has 3 heteroatoms. The summed E-state index contributed by atoms with van der Waals surface area (Å²) >= 11 is 0. The summed E-state index contributed by atoms with van der Waals surface area (Å²) in [6.45, 7) is 5.42. The molecule has 0 bridgehead atoms. The van der Waals surface area contributed by atoms with Gasteiger partial charge in [0.15, 0.2) is 0 Å². The minimum absolute atomic E-state index is 0.636. The van der Waals surface area contributed by atoms with E-state index in [-0.39, 0.29) is 0 Å². The maximum Gasteiger partial charge on any atom is 0.122 e. The fraction of sp³-hybridized carbons (Fsp3) is 0.333. The molecule has 21 heavy (non-hydrogen) atoms. The van der Waals surface area contributed by atoms with Crippen molar-refractivity contribution in [2.45, 2.75) is 20.3 Å². The minimum atomic E-state index is 0.636. The molecule has 0 saturated carbocycles. The molecule has 0 aliphatic rings. The lowest BCUT2D eigenvalue weighted by Gasteiger charge is -2.11. The van der Waals surface area contributed by atoms with Gasteiger partial charge in [0.1, 0.15) is 17.2 Å². The Labute approximate surface area is 126 Å². The minimum Gasteiger partial charge on any atom is -0.497 e. The predicted molar refractivity (Wildman–Crippen MR) is 84.5 cm³/mol. The van der Waals surface area contributed by atoms with Crippen LogP contribution >= 0.6 is 0 Å². The SMILES string of the molecule is COc1ccc(OCCCOc2cc(C)ccc2C)cc1. The van der Waals surface area contributed by atoms with Crippen LogP contribution in [0.2, 0.25) is 0 Å². The van der Waals surface area contributed by atoms with E-state index in [1.807, 2.05) is 24.3 Å². The zero-order valence-corrected chi connectivity index (χ0v) is 12.9. The van der Waals surface area contributed by atoms with Crippen LogP contribution in [0.4, 0.5) is 0 Å². The average Bonchev–Trinajstić information content (AvgIpc) is 2.51. The van der Waals surface area contributed by atoms with E-state index in [4.69, 9.17) is 14.2 Å². The van der Waals surface area contributed by atoms with Gasteiger partial charge in [-0.15, -0.1) is 0 Å². The monoisotopic (exact) mass is 286 g/mol. The van der Waals surface area contributed by atoms with Gasteiger partial charge < -0.3 is 14.2 Å². The molecular weight excluding hydrogens is 264 g/mol. The van der Waals surface area contributed by atoms with Crippen molar-refractivity contribution < 1.29 is 14.2 Å². The zero-order valence-electron chi connectivity index (χ0n) is 12.9. The highest BCUT2D eigenvalue weighted by atomic mass is 16.5. The van der Waals surface area contributed by atoms with Crippen molar-refractivity contribution in [3.63, 3.8) is 0 Å². The Morgan fingerprint density at radius 2 is 1.48 bits per heavy atom. The molecule has 2 rings (SSSR count). The smallest absolute Gasteiger partial charge is 0.122 e. The Hall–Kier alpha value is -2.16. The van der Waals surface area contributed by atoms with Gasteiger partial charge in [0, 0.05) is 6.42 Å². The van der Waals surface area contributed by atoms with Crippen molar-refractivity contribution in [1.82, 2.24) is 0 Å². The summed E-state index contributed by atoms with van der Waals surface area (Å²) in [5.74, 6) is 2.64. The first kappa shape index (κ1) is 15.2. The molecule has 0 atom stereocenters. The van der Waals surface area contributed by atoms with Crippen molar-refractivity contribution in [2.24, 2.45) is 0 Å². The van der Waals surface area contributed by atoms with Gasteiger partial charge >= 0.3 is 0 Å². The molecule has 0 radical (unpaired) electrons. The van der Waals surface area contributed by atoms with E-state index in [0.29, 0.717) is 13.2 Å². The van der Waals surface area contributed by atoms with Crippen LogP contribution < -0.4 is 14.2 Å². The molecule has 3 nitrogen and oxygen atoms in total. The highest BCUT2D eigenvalue weighted by Crippen LogP contribution is 2.19. The Kier molecular flexibility index (Phi) is 5.50. The van der Waals surface area contributed by atoms with Crippen molar-refractivity contribution in [2.75, 3.05) is 20.3 Å². The molecule has 0 unspecified atom stereocenters. The van der Waals surface area contributed by atoms with E-state index in [9.17, 15) is 0 Å². The van der Waals surface area contributed by atoms with E-state index in [1.165, 1.54) is 5.56 Å². The molecule has 112 valence electrons. The summed E-state index contributed by atoms with van der Waals surface area (Å²) in [5.41, 5.74) is 2.38. The predicted octanol–water partition coefficient (Wildman–Crippen LogP) is 4.16. The largest absolute Gasteiger partial charge is 0.497 e. The van der Waals surface area contributed by atoms with E-state index in [0.717, 1.165) is 29.2 Å². The van der Waals surface area contributed by atoms with Crippen LogP contribution in [-0.2, 0) is 0 Å². The molecule has 0 aromatic heterocycles. The molecule has 2 aromatic carbocycles. The fourth-order valence-electron chi connectivity index (χ4n) is 1.97. The Morgan fingerprint density at radius 1 is 0.810 bits per heavy atom. The van der Waals surface area contributed by atoms with Crippen molar-refractivity contribution >= 4 is 0 Å². The number of aryl methyl sites for hydroxylation is 2. The molecule has 0 heterocycles. The Bertz CT molecular complexity index is 561. The van der Waals surface area contributed by atoms with Crippen molar-refractivity contribution in [3.8, 4) is 17.2 Å². The van der Waals surface area contributed by atoms with Crippen LogP contribution in [0.15, 0.2) is 42.5 Å². The summed E-state index contributed by atoms with van der Waals surface area (Å²) in [5, 5.41) is 0. The fourth-order valence-corrected chi connectivity index (χ4v) is 1.97. The summed E-state index contributed by atoms with van der Waals surface area (Å²) < 4.78 is 16.6. The van der Waals surface area contributed by atoms with Gasteiger partial charge in [-0.3, -0.25) is 0 Å². The number of benzene rings is 2. The van der Waals surface area contributed by atoms with E-state index < -0.39 is 0 Å². The number of methoxy groups -OCH3 is 1. The molecule has 0 fully saturated rings. The van der Waals surface area contributed by atoms with Gasteiger partial charge in [-0.1, -0.05) is 12.1 Å². The molecular formula is C18H22O3. The van der Waals surface area contributed by atoms with Crippen LogP contribution in [0.5, 0.6) is 17.2 Å². The molecule has 0 aliphatic carbocycles. The van der Waals surface area contributed by atoms with Gasteiger partial charge in [0.05, 0.1) is 20.3 Å². The Balaban J connectivity index is 1.71. The summed E-state index contributed by atoms with van der Waals surface area (Å²) in [6.07, 6.45) is 0.847. The van der Waals surface area contributed by atoms with Crippen LogP contribution in [-0.4, -0.2) is 20.3 Å². The second-order valence-electron chi connectivity index (χ2n) is 4.99. The van der Waals surface area contributed by atoms with Gasteiger partial charge in [0.25, 0.3) is 0 Å². The highest BCUT2D eigenvalue weighted by Gasteiger charge is 2.00. The van der Waals surface area contributed by atoms with Crippen LogP contribution in [0, 0.1) is 13.8 Å². The lowest BCUT2D eigenvalue weighted by Crippen LogP contribution is -2.05. The third kappa shape index (κ3) is 4.71. The lowest BCUT2D eigenvalue weighted by atomic mass is 10.1. The number of ether oxygens (including phenoxy) is 3. The van der Waals surface area contributed by atoms with Crippen LogP contribution in [0.3, 0.4) is 0 Å². The number of hydrogen-bond donors (Lipinski definition) is 0. The standard InChI is InChI=1S/C18H22O3/c1-14-5-6-15(2)18(13-14)21-12-4-11-20-17-9-7-16(19-3)8-10-17/h5-10,13H,4,11-12H2,1-3H3. The third-order valence-corrected chi connectivity index (χ3v) is 3.22. The number of rotatable bonds is 7. The number of hydrogen-bond acceptors (Lipinski definition) is 3. The van der Waals surface area contributed by atoms with Gasteiger partial charge in [-0.05, 0) is 55.3 Å². The molecule has 0 aliphatic heterocycles. The lowest BCUT2D eigenvalue weighted by molar-refractivity contribution is 0.246.